The highest BCUT2D eigenvalue weighted by Crippen LogP contribution is 2.38. The molecule has 2 atom stereocenters. The number of hydrogen-bond acceptors (Lipinski definition) is 2. The molecule has 1 aromatic carbocycles. The van der Waals surface area contributed by atoms with Gasteiger partial charge in [-0.1, -0.05) is 12.1 Å². The van der Waals surface area contributed by atoms with Gasteiger partial charge in [0.1, 0.15) is 5.75 Å². The van der Waals surface area contributed by atoms with Gasteiger partial charge < -0.3 is 4.74 Å². The molecule has 2 unspecified atom stereocenters. The highest BCUT2D eigenvalue weighted by molar-refractivity contribution is 6.20. The summed E-state index contributed by atoms with van der Waals surface area (Å²) in [5.41, 5.74) is 1.35. The number of alkyl halides is 1. The fraction of sp³-hybridized carbons (Fsp3) is 0.600. The van der Waals surface area contributed by atoms with Crippen molar-refractivity contribution in [2.45, 2.75) is 49.7 Å². The van der Waals surface area contributed by atoms with Crippen molar-refractivity contribution in [3.63, 3.8) is 0 Å². The molecule has 98 valence electrons. The van der Waals surface area contributed by atoms with E-state index in [-0.39, 0.29) is 0 Å². The molecule has 3 rings (SSSR count). The molecule has 0 N–H and O–H groups in total. The van der Waals surface area contributed by atoms with Crippen LogP contribution in [0.5, 0.6) is 5.75 Å². The van der Waals surface area contributed by atoms with E-state index in [9.17, 15) is 0 Å². The highest BCUT2D eigenvalue weighted by Gasteiger charge is 2.39. The van der Waals surface area contributed by atoms with Crippen LogP contribution in [-0.4, -0.2) is 29.5 Å². The van der Waals surface area contributed by atoms with Crippen molar-refractivity contribution in [2.24, 2.45) is 0 Å². The second-order valence-electron chi connectivity index (χ2n) is 5.48. The van der Waals surface area contributed by atoms with Crippen molar-refractivity contribution in [2.75, 3.05) is 7.11 Å². The van der Waals surface area contributed by atoms with Crippen LogP contribution in [0.4, 0.5) is 0 Å². The molecule has 0 aliphatic carbocycles. The summed E-state index contributed by atoms with van der Waals surface area (Å²) in [6.45, 7) is 1.04. The lowest BCUT2D eigenvalue weighted by molar-refractivity contribution is 0.134. The zero-order valence-electron chi connectivity index (χ0n) is 10.8. The van der Waals surface area contributed by atoms with Crippen LogP contribution in [0.1, 0.15) is 31.2 Å². The number of nitrogens with zero attached hydrogens (tertiary/aromatic N) is 1. The molecule has 3 heteroatoms. The predicted molar refractivity (Wildman–Crippen MR) is 74.2 cm³/mol. The Morgan fingerprint density at radius 1 is 1.28 bits per heavy atom. The third kappa shape index (κ3) is 2.36. The van der Waals surface area contributed by atoms with Crippen LogP contribution in [0.2, 0.25) is 0 Å². The molecular formula is C15H20ClNO. The number of methoxy groups -OCH3 is 1. The zero-order chi connectivity index (χ0) is 12.5. The van der Waals surface area contributed by atoms with Crippen molar-refractivity contribution in [1.82, 2.24) is 4.90 Å². The van der Waals surface area contributed by atoms with Crippen molar-refractivity contribution in [3.05, 3.63) is 29.8 Å². The maximum atomic E-state index is 6.32. The maximum absolute atomic E-state index is 6.32. The Morgan fingerprint density at radius 3 is 2.67 bits per heavy atom. The molecule has 2 saturated heterocycles. The van der Waals surface area contributed by atoms with Crippen LogP contribution in [0.25, 0.3) is 0 Å². The Balaban J connectivity index is 1.73. The van der Waals surface area contributed by atoms with E-state index in [1.807, 2.05) is 6.07 Å². The van der Waals surface area contributed by atoms with Crippen molar-refractivity contribution < 1.29 is 4.74 Å². The number of ether oxygens (including phenoxy) is 1. The molecule has 2 nitrogen and oxygen atoms in total. The molecule has 0 aromatic heterocycles. The number of hydrogen-bond donors (Lipinski definition) is 0. The fourth-order valence-corrected chi connectivity index (χ4v) is 3.86. The third-order valence-corrected chi connectivity index (χ3v) is 4.68. The van der Waals surface area contributed by atoms with E-state index in [4.69, 9.17) is 16.3 Å². The molecule has 2 aliphatic rings. The van der Waals surface area contributed by atoms with E-state index in [1.54, 1.807) is 7.11 Å². The number of rotatable bonds is 3. The van der Waals surface area contributed by atoms with E-state index in [0.29, 0.717) is 17.5 Å². The van der Waals surface area contributed by atoms with Gasteiger partial charge in [0.25, 0.3) is 0 Å². The standard InChI is InChI=1S/C15H20ClNO/c1-18-15-4-2-3-11(7-15)10-17-13-5-6-14(17)9-12(16)8-13/h2-4,7,12-14H,5-6,8-10H2,1H3. The molecule has 0 spiro atoms. The quantitative estimate of drug-likeness (QED) is 0.777. The molecule has 0 saturated carbocycles. The summed E-state index contributed by atoms with van der Waals surface area (Å²) in [6.07, 6.45) is 4.94. The molecule has 2 heterocycles. The Bertz CT molecular complexity index is 409. The summed E-state index contributed by atoms with van der Waals surface area (Å²) in [4.78, 5) is 2.65. The first kappa shape index (κ1) is 12.3. The van der Waals surface area contributed by atoms with Crippen LogP contribution >= 0.6 is 11.6 Å². The first-order chi connectivity index (χ1) is 8.76. The van der Waals surface area contributed by atoms with Crippen molar-refractivity contribution in [1.29, 1.82) is 0 Å². The smallest absolute Gasteiger partial charge is 0.119 e. The lowest BCUT2D eigenvalue weighted by atomic mass is 10.0. The summed E-state index contributed by atoms with van der Waals surface area (Å²) in [7, 11) is 1.72. The zero-order valence-corrected chi connectivity index (χ0v) is 11.6. The molecule has 0 radical (unpaired) electrons. The molecule has 2 fully saturated rings. The van der Waals surface area contributed by atoms with Gasteiger partial charge >= 0.3 is 0 Å². The van der Waals surface area contributed by atoms with Gasteiger partial charge in [-0.05, 0) is 43.4 Å². The average Bonchev–Trinajstić information content (AvgIpc) is 2.62. The second-order valence-corrected chi connectivity index (χ2v) is 6.09. The van der Waals surface area contributed by atoms with Gasteiger partial charge in [-0.2, -0.15) is 0 Å². The minimum absolute atomic E-state index is 0.393. The van der Waals surface area contributed by atoms with Crippen molar-refractivity contribution in [3.8, 4) is 5.75 Å². The average molecular weight is 266 g/mol. The lowest BCUT2D eigenvalue weighted by Gasteiger charge is -2.37. The molecular weight excluding hydrogens is 246 g/mol. The maximum Gasteiger partial charge on any atom is 0.119 e. The van der Waals surface area contributed by atoms with Crippen LogP contribution in [-0.2, 0) is 6.54 Å². The number of piperidine rings is 1. The van der Waals surface area contributed by atoms with E-state index < -0.39 is 0 Å². The van der Waals surface area contributed by atoms with E-state index >= 15 is 0 Å². The van der Waals surface area contributed by atoms with Crippen LogP contribution < -0.4 is 4.74 Å². The summed E-state index contributed by atoms with van der Waals surface area (Å²) in [5.74, 6) is 0.951. The number of fused-ring (bicyclic) bond motifs is 2. The summed E-state index contributed by atoms with van der Waals surface area (Å²) in [5, 5.41) is 0.393. The minimum Gasteiger partial charge on any atom is -0.497 e. The first-order valence-corrected chi connectivity index (χ1v) is 7.22. The lowest BCUT2D eigenvalue weighted by Crippen LogP contribution is -2.42. The summed E-state index contributed by atoms with van der Waals surface area (Å²) in [6, 6.07) is 9.80. The molecule has 1 aromatic rings. The van der Waals surface area contributed by atoms with Gasteiger partial charge in [-0.3, -0.25) is 4.90 Å². The van der Waals surface area contributed by atoms with Crippen molar-refractivity contribution >= 4 is 11.6 Å². The van der Waals surface area contributed by atoms with Gasteiger partial charge in [-0.25, -0.2) is 0 Å². The Kier molecular flexibility index (Phi) is 3.49. The van der Waals surface area contributed by atoms with Gasteiger partial charge in [0.05, 0.1) is 7.11 Å². The second kappa shape index (κ2) is 5.10. The minimum atomic E-state index is 0.393. The van der Waals surface area contributed by atoms with Gasteiger partial charge in [-0.15, -0.1) is 11.6 Å². The summed E-state index contributed by atoms with van der Waals surface area (Å²) < 4.78 is 5.29. The number of halogens is 1. The number of benzene rings is 1. The van der Waals surface area contributed by atoms with E-state index in [2.05, 4.69) is 23.1 Å². The Hall–Kier alpha value is -0.730. The monoisotopic (exact) mass is 265 g/mol. The Labute approximate surface area is 114 Å². The SMILES string of the molecule is COc1cccc(CN2C3CCC2CC(Cl)C3)c1. The van der Waals surface area contributed by atoms with Crippen LogP contribution in [0.15, 0.2) is 24.3 Å². The topological polar surface area (TPSA) is 12.5 Å². The van der Waals surface area contributed by atoms with E-state index in [0.717, 1.165) is 25.1 Å². The van der Waals surface area contributed by atoms with Crippen LogP contribution in [0.3, 0.4) is 0 Å². The predicted octanol–water partition coefficient (Wildman–Crippen LogP) is 3.43. The third-order valence-electron chi connectivity index (χ3n) is 4.33. The van der Waals surface area contributed by atoms with Gasteiger partial charge in [0, 0.05) is 24.0 Å². The normalized spacial score (nSPS) is 31.6. The molecule has 2 aliphatic heterocycles. The van der Waals surface area contributed by atoms with Crippen LogP contribution in [0, 0.1) is 0 Å². The summed E-state index contributed by atoms with van der Waals surface area (Å²) >= 11 is 6.32. The first-order valence-electron chi connectivity index (χ1n) is 6.79. The molecule has 18 heavy (non-hydrogen) atoms. The largest absolute Gasteiger partial charge is 0.497 e. The fourth-order valence-electron chi connectivity index (χ4n) is 3.45. The highest BCUT2D eigenvalue weighted by atomic mass is 35.5. The Morgan fingerprint density at radius 2 is 2.00 bits per heavy atom. The molecule has 2 bridgehead atoms. The van der Waals surface area contributed by atoms with Gasteiger partial charge in [0.2, 0.25) is 0 Å². The van der Waals surface area contributed by atoms with E-state index in [1.165, 1.54) is 18.4 Å². The molecule has 0 amide bonds. The van der Waals surface area contributed by atoms with Gasteiger partial charge in [0.15, 0.2) is 0 Å².